The highest BCUT2D eigenvalue weighted by molar-refractivity contribution is 9.10. The third-order valence-electron chi connectivity index (χ3n) is 2.18. The molecule has 0 aromatic carbocycles. The monoisotopic (exact) mass is 302 g/mol. The van der Waals surface area contributed by atoms with E-state index in [9.17, 15) is 9.59 Å². The van der Waals surface area contributed by atoms with Gasteiger partial charge in [-0.15, -0.1) is 0 Å². The first kappa shape index (κ1) is 13.8. The zero-order valence-corrected chi connectivity index (χ0v) is 11.4. The maximum atomic E-state index is 11.8. The molecule has 1 amide bonds. The summed E-state index contributed by atoms with van der Waals surface area (Å²) in [5.74, 6) is -0.749. The number of carbonyl (C=O) groups is 2. The summed E-state index contributed by atoms with van der Waals surface area (Å²) in [6, 6.07) is 1.72. The number of halogens is 1. The van der Waals surface area contributed by atoms with Crippen LogP contribution >= 0.6 is 15.9 Å². The molecule has 0 aliphatic carbocycles. The van der Waals surface area contributed by atoms with Gasteiger partial charge in [-0.1, -0.05) is 6.92 Å². The number of hydrogen-bond donors (Lipinski definition) is 1. The molecule has 0 saturated carbocycles. The number of esters is 1. The first-order valence-corrected chi connectivity index (χ1v) is 6.08. The van der Waals surface area contributed by atoms with Gasteiger partial charge in [-0.25, -0.2) is 0 Å². The van der Waals surface area contributed by atoms with Crippen molar-refractivity contribution in [3.05, 3.63) is 22.4 Å². The van der Waals surface area contributed by atoms with Crippen molar-refractivity contribution in [2.75, 3.05) is 13.7 Å². The predicted octanol–water partition coefficient (Wildman–Crippen LogP) is 1.56. The minimum atomic E-state index is -0.467. The van der Waals surface area contributed by atoms with Gasteiger partial charge >= 0.3 is 5.97 Å². The second kappa shape index (κ2) is 6.44. The first-order chi connectivity index (χ1) is 8.08. The highest BCUT2D eigenvalue weighted by atomic mass is 79.9. The van der Waals surface area contributed by atoms with Crippen LogP contribution in [-0.4, -0.2) is 30.1 Å². The summed E-state index contributed by atoms with van der Waals surface area (Å²) in [6.07, 6.45) is 2.77. The van der Waals surface area contributed by atoms with Crippen molar-refractivity contribution in [3.8, 4) is 0 Å². The molecule has 1 N–H and O–H groups in total. The molecule has 0 radical (unpaired) electrons. The quantitative estimate of drug-likeness (QED) is 0.840. The Labute approximate surface area is 108 Å². The number of carbonyl (C=O) groups excluding carboxylic acids is 2. The van der Waals surface area contributed by atoms with Crippen molar-refractivity contribution < 1.29 is 14.3 Å². The first-order valence-electron chi connectivity index (χ1n) is 5.29. The van der Waals surface area contributed by atoms with Gasteiger partial charge in [0.2, 0.25) is 0 Å². The number of hydrogen-bond acceptors (Lipinski definition) is 3. The van der Waals surface area contributed by atoms with Gasteiger partial charge in [0.1, 0.15) is 12.2 Å². The van der Waals surface area contributed by atoms with Gasteiger partial charge in [-0.3, -0.25) is 9.59 Å². The molecule has 0 unspecified atom stereocenters. The summed E-state index contributed by atoms with van der Waals surface area (Å²) in [4.78, 5) is 22.7. The molecule has 1 rings (SSSR count). The molecule has 1 heterocycles. The van der Waals surface area contributed by atoms with Gasteiger partial charge < -0.3 is 14.6 Å². The molecule has 0 spiro atoms. The van der Waals surface area contributed by atoms with Crippen molar-refractivity contribution in [2.24, 2.45) is 0 Å². The van der Waals surface area contributed by atoms with E-state index in [1.807, 2.05) is 17.7 Å². The van der Waals surface area contributed by atoms with Crippen molar-refractivity contribution in [3.63, 3.8) is 0 Å². The highest BCUT2D eigenvalue weighted by Crippen LogP contribution is 2.15. The zero-order valence-electron chi connectivity index (χ0n) is 9.83. The van der Waals surface area contributed by atoms with Gasteiger partial charge in [0.05, 0.1) is 7.11 Å². The third-order valence-corrected chi connectivity index (χ3v) is 2.61. The van der Waals surface area contributed by atoms with Crippen molar-refractivity contribution >= 4 is 27.8 Å². The normalized spacial score (nSPS) is 10.1. The topological polar surface area (TPSA) is 60.3 Å². The smallest absolute Gasteiger partial charge is 0.325 e. The summed E-state index contributed by atoms with van der Waals surface area (Å²) in [5.41, 5.74) is 0.530. The summed E-state index contributed by atoms with van der Waals surface area (Å²) >= 11 is 3.32. The Morgan fingerprint density at radius 3 is 2.82 bits per heavy atom. The van der Waals surface area contributed by atoms with E-state index < -0.39 is 5.97 Å². The van der Waals surface area contributed by atoms with E-state index in [0.29, 0.717) is 5.69 Å². The molecule has 5 nitrogen and oxygen atoms in total. The second-order valence-corrected chi connectivity index (χ2v) is 4.41. The van der Waals surface area contributed by atoms with Crippen LogP contribution in [0.4, 0.5) is 0 Å². The molecule has 1 aromatic heterocycles. The largest absolute Gasteiger partial charge is 0.468 e. The van der Waals surface area contributed by atoms with Crippen LogP contribution in [0.15, 0.2) is 16.7 Å². The Bertz CT molecular complexity index is 415. The molecule has 17 heavy (non-hydrogen) atoms. The van der Waals surface area contributed by atoms with Crippen LogP contribution in [0, 0.1) is 0 Å². The van der Waals surface area contributed by atoms with E-state index in [1.54, 1.807) is 6.07 Å². The number of nitrogens with zero attached hydrogens (tertiary/aromatic N) is 1. The van der Waals surface area contributed by atoms with Crippen molar-refractivity contribution in [1.82, 2.24) is 9.88 Å². The molecular weight excluding hydrogens is 288 g/mol. The fourth-order valence-corrected chi connectivity index (χ4v) is 1.87. The van der Waals surface area contributed by atoms with Crippen LogP contribution in [0.1, 0.15) is 23.8 Å². The molecule has 6 heteroatoms. The maximum Gasteiger partial charge on any atom is 0.325 e. The van der Waals surface area contributed by atoms with Gasteiger partial charge in [0.15, 0.2) is 0 Å². The van der Waals surface area contributed by atoms with Crippen LogP contribution in [0.5, 0.6) is 0 Å². The molecule has 1 aromatic rings. The lowest BCUT2D eigenvalue weighted by Gasteiger charge is -2.07. The Balaban J connectivity index is 2.70. The van der Waals surface area contributed by atoms with E-state index in [1.165, 1.54) is 7.11 Å². The molecule has 0 saturated heterocycles. The van der Waals surface area contributed by atoms with Crippen LogP contribution in [-0.2, 0) is 16.1 Å². The average Bonchev–Trinajstić information content (AvgIpc) is 2.67. The summed E-state index contributed by atoms with van der Waals surface area (Å²) in [5, 5.41) is 2.51. The molecule has 0 atom stereocenters. The lowest BCUT2D eigenvalue weighted by atomic mass is 10.3. The SMILES string of the molecule is CCCn1cc(Br)cc1C(=O)NCC(=O)OC. The molecule has 0 bridgehead atoms. The number of nitrogens with one attached hydrogen (secondary N) is 1. The fourth-order valence-electron chi connectivity index (χ4n) is 1.41. The van der Waals surface area contributed by atoms with Crippen molar-refractivity contribution in [1.29, 1.82) is 0 Å². The lowest BCUT2D eigenvalue weighted by molar-refractivity contribution is -0.139. The van der Waals surface area contributed by atoms with E-state index in [4.69, 9.17) is 0 Å². The van der Waals surface area contributed by atoms with E-state index in [0.717, 1.165) is 17.4 Å². The molecule has 0 aliphatic rings. The number of methoxy groups -OCH3 is 1. The standard InChI is InChI=1S/C11H15BrN2O3/c1-3-4-14-7-8(12)5-9(14)11(16)13-6-10(15)17-2/h5,7H,3-4,6H2,1-2H3,(H,13,16). The second-order valence-electron chi connectivity index (χ2n) is 3.50. The van der Waals surface area contributed by atoms with Crippen LogP contribution in [0.3, 0.4) is 0 Å². The van der Waals surface area contributed by atoms with Crippen LogP contribution in [0.2, 0.25) is 0 Å². The summed E-state index contributed by atoms with van der Waals surface area (Å²) < 4.78 is 7.14. The Morgan fingerprint density at radius 1 is 1.53 bits per heavy atom. The third kappa shape index (κ3) is 3.89. The summed E-state index contributed by atoms with van der Waals surface area (Å²) in [6.45, 7) is 2.67. The Hall–Kier alpha value is -1.30. The zero-order chi connectivity index (χ0) is 12.8. The number of aryl methyl sites for hydroxylation is 1. The lowest BCUT2D eigenvalue weighted by Crippen LogP contribution is -2.31. The van der Waals surface area contributed by atoms with Crippen molar-refractivity contribution in [2.45, 2.75) is 19.9 Å². The molecule has 0 aliphatic heterocycles. The maximum absolute atomic E-state index is 11.8. The number of amides is 1. The van der Waals surface area contributed by atoms with Gasteiger partial charge in [-0.05, 0) is 28.4 Å². The van der Waals surface area contributed by atoms with Gasteiger partial charge in [0.25, 0.3) is 5.91 Å². The van der Waals surface area contributed by atoms with Gasteiger partial charge in [-0.2, -0.15) is 0 Å². The Kier molecular flexibility index (Phi) is 5.21. The molecular formula is C11H15BrN2O3. The van der Waals surface area contributed by atoms with Crippen LogP contribution < -0.4 is 5.32 Å². The predicted molar refractivity (Wildman–Crippen MR) is 66.8 cm³/mol. The molecule has 94 valence electrons. The molecule has 0 fully saturated rings. The van der Waals surface area contributed by atoms with E-state index >= 15 is 0 Å². The van der Waals surface area contributed by atoms with E-state index in [2.05, 4.69) is 26.0 Å². The fraction of sp³-hybridized carbons (Fsp3) is 0.455. The number of aromatic nitrogens is 1. The van der Waals surface area contributed by atoms with Crippen LogP contribution in [0.25, 0.3) is 0 Å². The Morgan fingerprint density at radius 2 is 2.24 bits per heavy atom. The van der Waals surface area contributed by atoms with E-state index in [-0.39, 0.29) is 12.5 Å². The summed E-state index contributed by atoms with van der Waals surface area (Å²) in [7, 11) is 1.28. The van der Waals surface area contributed by atoms with Gasteiger partial charge in [0, 0.05) is 17.2 Å². The number of ether oxygens (including phenoxy) is 1. The minimum absolute atomic E-state index is 0.121. The minimum Gasteiger partial charge on any atom is -0.468 e. The average molecular weight is 303 g/mol. The highest BCUT2D eigenvalue weighted by Gasteiger charge is 2.13. The number of rotatable bonds is 5.